The van der Waals surface area contributed by atoms with Crippen LogP contribution in [0.15, 0.2) is 43.0 Å². The number of amides is 1. The molecule has 0 bridgehead atoms. The maximum absolute atomic E-state index is 12.0. The van der Waals surface area contributed by atoms with E-state index in [9.17, 15) is 4.79 Å². The van der Waals surface area contributed by atoms with Crippen LogP contribution in [0.1, 0.15) is 28.7 Å². The molecule has 0 saturated heterocycles. The summed E-state index contributed by atoms with van der Waals surface area (Å²) in [7, 11) is 0. The van der Waals surface area contributed by atoms with Crippen LogP contribution in [-0.4, -0.2) is 22.4 Å². The van der Waals surface area contributed by atoms with Crippen LogP contribution in [0.3, 0.4) is 0 Å². The van der Waals surface area contributed by atoms with Crippen molar-refractivity contribution in [2.45, 2.75) is 20.3 Å². The van der Waals surface area contributed by atoms with Crippen molar-refractivity contribution in [3.8, 4) is 0 Å². The lowest BCUT2D eigenvalue weighted by Gasteiger charge is -2.08. The topological polar surface area (TPSA) is 66.9 Å². The quantitative estimate of drug-likeness (QED) is 0.804. The van der Waals surface area contributed by atoms with E-state index in [0.29, 0.717) is 18.2 Å². The predicted molar refractivity (Wildman–Crippen MR) is 88.4 cm³/mol. The summed E-state index contributed by atoms with van der Waals surface area (Å²) in [4.78, 5) is 20.5. The Hall–Kier alpha value is -2.69. The van der Waals surface area contributed by atoms with Gasteiger partial charge in [0.2, 0.25) is 5.95 Å². The molecule has 0 atom stereocenters. The fraction of sp³-hybridized carbons (Fsp3) is 0.235. The minimum Gasteiger partial charge on any atom is -0.347 e. The summed E-state index contributed by atoms with van der Waals surface area (Å²) in [6.45, 7) is 7.92. The van der Waals surface area contributed by atoms with Crippen LogP contribution in [0.4, 0.5) is 11.6 Å². The third kappa shape index (κ3) is 4.15. The lowest BCUT2D eigenvalue weighted by Crippen LogP contribution is -2.24. The van der Waals surface area contributed by atoms with E-state index in [1.54, 1.807) is 12.1 Å². The number of carbonyl (C=O) groups excluding carboxylic acids is 1. The molecular weight excluding hydrogens is 276 g/mol. The van der Waals surface area contributed by atoms with Gasteiger partial charge in [-0.05, 0) is 37.1 Å². The van der Waals surface area contributed by atoms with E-state index < -0.39 is 0 Å². The molecule has 0 aliphatic carbocycles. The molecule has 0 unspecified atom stereocenters. The monoisotopic (exact) mass is 296 g/mol. The van der Waals surface area contributed by atoms with Gasteiger partial charge in [-0.15, -0.1) is 6.58 Å². The highest BCUT2D eigenvalue weighted by Gasteiger charge is 2.09. The minimum absolute atomic E-state index is 0.241. The molecule has 2 rings (SSSR count). The summed E-state index contributed by atoms with van der Waals surface area (Å²) in [6.07, 6.45) is 2.62. The van der Waals surface area contributed by atoms with Gasteiger partial charge < -0.3 is 10.6 Å². The fourth-order valence-electron chi connectivity index (χ4n) is 1.95. The van der Waals surface area contributed by atoms with Crippen LogP contribution in [0.5, 0.6) is 0 Å². The second-order valence-electron chi connectivity index (χ2n) is 4.89. The lowest BCUT2D eigenvalue weighted by atomic mass is 10.1. The number of anilines is 2. The van der Waals surface area contributed by atoms with Crippen molar-refractivity contribution in [3.05, 3.63) is 59.9 Å². The largest absolute Gasteiger partial charge is 0.347 e. The average molecular weight is 296 g/mol. The van der Waals surface area contributed by atoms with E-state index in [2.05, 4.69) is 46.2 Å². The molecule has 114 valence electrons. The van der Waals surface area contributed by atoms with Gasteiger partial charge in [-0.25, -0.2) is 9.97 Å². The Labute approximate surface area is 130 Å². The molecule has 0 aliphatic heterocycles. The number of rotatable bonds is 6. The second kappa shape index (κ2) is 7.36. The van der Waals surface area contributed by atoms with E-state index in [-0.39, 0.29) is 5.91 Å². The van der Waals surface area contributed by atoms with Crippen molar-refractivity contribution in [3.63, 3.8) is 0 Å². The Morgan fingerprint density at radius 1 is 1.27 bits per heavy atom. The third-order valence-corrected chi connectivity index (χ3v) is 3.11. The molecule has 22 heavy (non-hydrogen) atoms. The van der Waals surface area contributed by atoms with Crippen LogP contribution in [0, 0.1) is 6.92 Å². The van der Waals surface area contributed by atoms with Crippen LogP contribution in [0.25, 0.3) is 0 Å². The van der Waals surface area contributed by atoms with Crippen molar-refractivity contribution in [2.75, 3.05) is 11.9 Å². The average Bonchev–Trinajstić information content (AvgIpc) is 2.52. The molecular formula is C17H20N4O. The highest BCUT2D eigenvalue weighted by molar-refractivity contribution is 5.92. The SMILES string of the molecule is C=CCNC(=O)c1cc(C)nc(Nc2ccc(CC)cc2)n1. The number of nitrogens with zero attached hydrogens (tertiary/aromatic N) is 2. The fourth-order valence-corrected chi connectivity index (χ4v) is 1.95. The van der Waals surface area contributed by atoms with E-state index in [1.165, 1.54) is 5.56 Å². The van der Waals surface area contributed by atoms with Crippen LogP contribution >= 0.6 is 0 Å². The minimum atomic E-state index is -0.241. The van der Waals surface area contributed by atoms with Gasteiger partial charge in [0, 0.05) is 17.9 Å². The number of nitrogens with one attached hydrogen (secondary N) is 2. The Morgan fingerprint density at radius 2 is 2.00 bits per heavy atom. The van der Waals surface area contributed by atoms with Gasteiger partial charge in [0.05, 0.1) is 0 Å². The van der Waals surface area contributed by atoms with Gasteiger partial charge in [-0.1, -0.05) is 25.1 Å². The molecule has 0 saturated carbocycles. The normalized spacial score (nSPS) is 10.1. The zero-order valence-corrected chi connectivity index (χ0v) is 12.9. The smallest absolute Gasteiger partial charge is 0.270 e. The van der Waals surface area contributed by atoms with Gasteiger partial charge in [-0.2, -0.15) is 0 Å². The first-order valence-electron chi connectivity index (χ1n) is 7.23. The summed E-state index contributed by atoms with van der Waals surface area (Å²) >= 11 is 0. The molecule has 1 heterocycles. The second-order valence-corrected chi connectivity index (χ2v) is 4.89. The van der Waals surface area contributed by atoms with E-state index in [0.717, 1.165) is 17.8 Å². The van der Waals surface area contributed by atoms with Gasteiger partial charge in [0.15, 0.2) is 0 Å². The molecule has 1 aromatic carbocycles. The zero-order chi connectivity index (χ0) is 15.9. The van der Waals surface area contributed by atoms with Crippen LogP contribution in [-0.2, 0) is 6.42 Å². The van der Waals surface area contributed by atoms with Gasteiger partial charge in [0.25, 0.3) is 5.91 Å². The van der Waals surface area contributed by atoms with Crippen molar-refractivity contribution >= 4 is 17.5 Å². The number of aryl methyl sites for hydroxylation is 2. The molecule has 5 nitrogen and oxygen atoms in total. The molecule has 2 aromatic rings. The molecule has 0 spiro atoms. The Kier molecular flexibility index (Phi) is 5.25. The van der Waals surface area contributed by atoms with Crippen molar-refractivity contribution in [1.82, 2.24) is 15.3 Å². The number of hydrogen-bond donors (Lipinski definition) is 2. The molecule has 2 N–H and O–H groups in total. The van der Waals surface area contributed by atoms with E-state index in [1.807, 2.05) is 19.1 Å². The summed E-state index contributed by atoms with van der Waals surface area (Å²) in [5.41, 5.74) is 3.22. The predicted octanol–water partition coefficient (Wildman–Crippen LogP) is 3.01. The van der Waals surface area contributed by atoms with Crippen molar-refractivity contribution in [2.24, 2.45) is 0 Å². The molecule has 0 radical (unpaired) electrons. The van der Waals surface area contributed by atoms with Gasteiger partial charge >= 0.3 is 0 Å². The number of benzene rings is 1. The first kappa shape index (κ1) is 15.7. The molecule has 1 aromatic heterocycles. The van der Waals surface area contributed by atoms with Crippen LogP contribution < -0.4 is 10.6 Å². The Morgan fingerprint density at radius 3 is 2.64 bits per heavy atom. The zero-order valence-electron chi connectivity index (χ0n) is 12.9. The van der Waals surface area contributed by atoms with Crippen LogP contribution in [0.2, 0.25) is 0 Å². The van der Waals surface area contributed by atoms with Crippen molar-refractivity contribution < 1.29 is 4.79 Å². The highest BCUT2D eigenvalue weighted by Crippen LogP contribution is 2.15. The number of aromatic nitrogens is 2. The first-order chi connectivity index (χ1) is 10.6. The standard InChI is InChI=1S/C17H20N4O/c1-4-10-18-16(22)15-11-12(3)19-17(21-15)20-14-8-6-13(5-2)7-9-14/h4,6-9,11H,1,5,10H2,2-3H3,(H,18,22)(H,19,20,21). The Bertz CT molecular complexity index is 665. The number of hydrogen-bond acceptors (Lipinski definition) is 4. The van der Waals surface area contributed by atoms with Gasteiger partial charge in [0.1, 0.15) is 5.69 Å². The van der Waals surface area contributed by atoms with Crippen molar-refractivity contribution in [1.29, 1.82) is 0 Å². The summed E-state index contributed by atoms with van der Waals surface area (Å²) < 4.78 is 0. The molecule has 0 aliphatic rings. The molecule has 5 heteroatoms. The van der Waals surface area contributed by atoms with Gasteiger partial charge in [-0.3, -0.25) is 4.79 Å². The summed E-state index contributed by atoms with van der Waals surface area (Å²) in [6, 6.07) is 9.71. The molecule has 1 amide bonds. The van der Waals surface area contributed by atoms with E-state index in [4.69, 9.17) is 0 Å². The molecule has 0 fully saturated rings. The summed E-state index contributed by atoms with van der Waals surface area (Å²) in [5, 5.41) is 5.83. The maximum atomic E-state index is 12.0. The Balaban J connectivity index is 2.18. The first-order valence-corrected chi connectivity index (χ1v) is 7.23. The lowest BCUT2D eigenvalue weighted by molar-refractivity contribution is 0.0953. The third-order valence-electron chi connectivity index (χ3n) is 3.11. The summed E-state index contributed by atoms with van der Waals surface area (Å²) in [5.74, 6) is 0.169. The maximum Gasteiger partial charge on any atom is 0.270 e. The highest BCUT2D eigenvalue weighted by atomic mass is 16.1. The number of carbonyl (C=O) groups is 1. The van der Waals surface area contributed by atoms with E-state index >= 15 is 0 Å².